The Morgan fingerprint density at radius 2 is 2.00 bits per heavy atom. The van der Waals surface area contributed by atoms with Crippen LogP contribution in [-0.2, 0) is 14.3 Å². The monoisotopic (exact) mass is 341 g/mol. The van der Waals surface area contributed by atoms with Crippen molar-refractivity contribution in [3.63, 3.8) is 0 Å². The van der Waals surface area contributed by atoms with E-state index in [1.807, 2.05) is 35.2 Å². The first-order chi connectivity index (χ1) is 12.2. The van der Waals surface area contributed by atoms with Gasteiger partial charge < -0.3 is 9.64 Å². The molecular weight excluding hydrogens is 318 g/mol. The molecule has 1 atom stereocenters. The molecule has 2 fully saturated rings. The summed E-state index contributed by atoms with van der Waals surface area (Å²) >= 11 is 0. The summed E-state index contributed by atoms with van der Waals surface area (Å²) in [4.78, 5) is 27.3. The fraction of sp³-hybridized carbons (Fsp3) is 0.526. The molecule has 1 saturated carbocycles. The van der Waals surface area contributed by atoms with Gasteiger partial charge in [0.1, 0.15) is 5.71 Å². The summed E-state index contributed by atoms with van der Waals surface area (Å²) < 4.78 is 5.45. The minimum Gasteiger partial charge on any atom is -0.381 e. The maximum absolute atomic E-state index is 13.1. The zero-order valence-corrected chi connectivity index (χ0v) is 14.3. The van der Waals surface area contributed by atoms with Crippen molar-refractivity contribution in [3.8, 4) is 0 Å². The lowest BCUT2D eigenvalue weighted by Crippen LogP contribution is -2.44. The van der Waals surface area contributed by atoms with Gasteiger partial charge in [0.25, 0.3) is 5.91 Å². The molecule has 2 amide bonds. The summed E-state index contributed by atoms with van der Waals surface area (Å²) in [5.41, 5.74) is 1.20. The first-order valence-electron chi connectivity index (χ1n) is 9.06. The van der Waals surface area contributed by atoms with Crippen molar-refractivity contribution in [3.05, 3.63) is 30.3 Å². The Morgan fingerprint density at radius 1 is 1.20 bits per heavy atom. The number of carbonyl (C=O) groups excluding carboxylic acids is 2. The van der Waals surface area contributed by atoms with Crippen molar-refractivity contribution in [2.75, 3.05) is 24.8 Å². The van der Waals surface area contributed by atoms with Gasteiger partial charge in [-0.15, -0.1) is 0 Å². The predicted molar refractivity (Wildman–Crippen MR) is 94.3 cm³/mol. The molecule has 25 heavy (non-hydrogen) atoms. The normalized spacial score (nSPS) is 23.5. The van der Waals surface area contributed by atoms with E-state index >= 15 is 0 Å². The average Bonchev–Trinajstić information content (AvgIpc) is 3.36. The SMILES string of the molecule is O=C1CCC(C(=O)N(CC2CCOC2)C2CC2)=NN1c1ccccc1. The number of ether oxygens (including phenoxy) is 1. The van der Waals surface area contributed by atoms with Gasteiger partial charge in [0.05, 0.1) is 12.3 Å². The van der Waals surface area contributed by atoms with Crippen LogP contribution < -0.4 is 5.01 Å². The topological polar surface area (TPSA) is 62.2 Å². The van der Waals surface area contributed by atoms with Crippen molar-refractivity contribution in [1.82, 2.24) is 4.90 Å². The molecule has 1 unspecified atom stereocenters. The van der Waals surface area contributed by atoms with E-state index in [9.17, 15) is 9.59 Å². The minimum absolute atomic E-state index is 0.0113. The van der Waals surface area contributed by atoms with E-state index in [1.165, 1.54) is 5.01 Å². The van der Waals surface area contributed by atoms with Gasteiger partial charge in [0, 0.05) is 38.0 Å². The number of amides is 2. The van der Waals surface area contributed by atoms with Crippen LogP contribution in [0, 0.1) is 5.92 Å². The van der Waals surface area contributed by atoms with Crippen molar-refractivity contribution < 1.29 is 14.3 Å². The summed E-state index contributed by atoms with van der Waals surface area (Å²) in [7, 11) is 0. The minimum atomic E-state index is -0.0649. The van der Waals surface area contributed by atoms with Crippen molar-refractivity contribution in [2.24, 2.45) is 11.0 Å². The highest BCUT2D eigenvalue weighted by atomic mass is 16.5. The number of nitrogens with zero attached hydrogens (tertiary/aromatic N) is 3. The molecule has 0 radical (unpaired) electrons. The third-order valence-corrected chi connectivity index (χ3v) is 5.01. The van der Waals surface area contributed by atoms with Crippen LogP contribution in [0.3, 0.4) is 0 Å². The maximum atomic E-state index is 13.1. The number of hydrazone groups is 1. The van der Waals surface area contributed by atoms with E-state index < -0.39 is 0 Å². The summed E-state index contributed by atoms with van der Waals surface area (Å²) in [5.74, 6) is 0.341. The predicted octanol–water partition coefficient (Wildman–Crippen LogP) is 2.20. The lowest BCUT2D eigenvalue weighted by atomic mass is 10.1. The van der Waals surface area contributed by atoms with Gasteiger partial charge in [-0.05, 0) is 31.4 Å². The molecule has 3 aliphatic rings. The van der Waals surface area contributed by atoms with Crippen LogP contribution in [0.5, 0.6) is 0 Å². The van der Waals surface area contributed by atoms with Crippen LogP contribution in [0.25, 0.3) is 0 Å². The zero-order chi connectivity index (χ0) is 17.2. The Bertz CT molecular complexity index is 678. The number of hydrogen-bond donors (Lipinski definition) is 0. The molecule has 1 saturated heterocycles. The van der Waals surface area contributed by atoms with Crippen LogP contribution in [0.2, 0.25) is 0 Å². The third-order valence-electron chi connectivity index (χ3n) is 5.01. The highest BCUT2D eigenvalue weighted by molar-refractivity contribution is 6.40. The van der Waals surface area contributed by atoms with Crippen LogP contribution in [0.1, 0.15) is 32.1 Å². The molecule has 132 valence electrons. The van der Waals surface area contributed by atoms with Crippen molar-refractivity contribution >= 4 is 23.2 Å². The second-order valence-electron chi connectivity index (χ2n) is 7.01. The molecule has 0 bridgehead atoms. The Morgan fingerprint density at radius 3 is 2.68 bits per heavy atom. The Hall–Kier alpha value is -2.21. The first-order valence-corrected chi connectivity index (χ1v) is 9.06. The molecule has 6 nitrogen and oxygen atoms in total. The van der Waals surface area contributed by atoms with Gasteiger partial charge >= 0.3 is 0 Å². The molecule has 0 aromatic heterocycles. The molecule has 2 heterocycles. The Balaban J connectivity index is 1.54. The van der Waals surface area contributed by atoms with Crippen LogP contribution >= 0.6 is 0 Å². The molecule has 0 spiro atoms. The Labute approximate surface area is 147 Å². The maximum Gasteiger partial charge on any atom is 0.270 e. The van der Waals surface area contributed by atoms with Gasteiger partial charge in [-0.3, -0.25) is 9.59 Å². The molecular formula is C19H23N3O3. The van der Waals surface area contributed by atoms with Crippen LogP contribution in [0.15, 0.2) is 35.4 Å². The van der Waals surface area contributed by atoms with Gasteiger partial charge in [-0.1, -0.05) is 18.2 Å². The molecule has 4 rings (SSSR count). The fourth-order valence-corrected chi connectivity index (χ4v) is 3.43. The fourth-order valence-electron chi connectivity index (χ4n) is 3.43. The van der Waals surface area contributed by atoms with Crippen molar-refractivity contribution in [2.45, 2.75) is 38.1 Å². The average molecular weight is 341 g/mol. The quantitative estimate of drug-likeness (QED) is 0.825. The van der Waals surface area contributed by atoms with E-state index in [2.05, 4.69) is 5.10 Å². The number of anilines is 1. The second kappa shape index (κ2) is 6.96. The summed E-state index contributed by atoms with van der Waals surface area (Å²) in [6.45, 7) is 2.26. The van der Waals surface area contributed by atoms with Gasteiger partial charge in [-0.2, -0.15) is 5.10 Å². The lowest BCUT2D eigenvalue weighted by molar-refractivity contribution is -0.125. The number of hydrogen-bond acceptors (Lipinski definition) is 4. The number of carbonyl (C=O) groups is 2. The Kier molecular flexibility index (Phi) is 4.53. The van der Waals surface area contributed by atoms with E-state index in [1.54, 1.807) is 0 Å². The largest absolute Gasteiger partial charge is 0.381 e. The molecule has 1 aromatic rings. The van der Waals surface area contributed by atoms with Crippen molar-refractivity contribution in [1.29, 1.82) is 0 Å². The second-order valence-corrected chi connectivity index (χ2v) is 7.01. The van der Waals surface area contributed by atoms with Crippen LogP contribution in [0.4, 0.5) is 5.69 Å². The number of benzene rings is 1. The summed E-state index contributed by atoms with van der Waals surface area (Å²) in [6, 6.07) is 9.63. The highest BCUT2D eigenvalue weighted by Crippen LogP contribution is 2.30. The van der Waals surface area contributed by atoms with Gasteiger partial charge in [-0.25, -0.2) is 5.01 Å². The van der Waals surface area contributed by atoms with E-state index in [-0.39, 0.29) is 11.8 Å². The van der Waals surface area contributed by atoms with Gasteiger partial charge in [0.2, 0.25) is 5.91 Å². The van der Waals surface area contributed by atoms with Crippen LogP contribution in [-0.4, -0.2) is 48.2 Å². The smallest absolute Gasteiger partial charge is 0.270 e. The summed E-state index contributed by atoms with van der Waals surface area (Å²) in [6.07, 6.45) is 3.88. The van der Waals surface area contributed by atoms with E-state index in [4.69, 9.17) is 4.74 Å². The zero-order valence-electron chi connectivity index (χ0n) is 14.3. The number of para-hydroxylation sites is 1. The first kappa shape index (κ1) is 16.3. The van der Waals surface area contributed by atoms with Gasteiger partial charge in [0.15, 0.2) is 0 Å². The highest BCUT2D eigenvalue weighted by Gasteiger charge is 2.38. The van der Waals surface area contributed by atoms with E-state index in [0.717, 1.165) is 39.0 Å². The molecule has 2 aliphatic heterocycles. The molecule has 0 N–H and O–H groups in total. The molecule has 6 heteroatoms. The van der Waals surface area contributed by atoms with E-state index in [0.29, 0.717) is 36.2 Å². The number of rotatable bonds is 5. The standard InChI is InChI=1S/C19H23N3O3/c23-18-9-8-17(20-22(18)16-4-2-1-3-5-16)19(24)21(15-6-7-15)12-14-10-11-25-13-14/h1-5,14-15H,6-13H2. The summed E-state index contributed by atoms with van der Waals surface area (Å²) in [5, 5.41) is 5.79. The molecule has 1 aromatic carbocycles. The molecule has 1 aliphatic carbocycles. The lowest BCUT2D eigenvalue weighted by Gasteiger charge is -2.28. The third kappa shape index (κ3) is 3.58.